The predicted octanol–water partition coefficient (Wildman–Crippen LogP) is 2.06. The molecule has 126 valence electrons. The number of benzene rings is 1. The second-order valence-electron chi connectivity index (χ2n) is 6.42. The van der Waals surface area contributed by atoms with Gasteiger partial charge >= 0.3 is 0 Å². The van der Waals surface area contributed by atoms with E-state index in [1.807, 2.05) is 24.3 Å². The maximum Gasteiger partial charge on any atom is 0.223 e. The fourth-order valence-corrected chi connectivity index (χ4v) is 2.93. The van der Waals surface area contributed by atoms with Crippen LogP contribution in [0.4, 0.5) is 0 Å². The monoisotopic (exact) mass is 318 g/mol. The lowest BCUT2D eigenvalue weighted by molar-refractivity contribution is -0.123. The summed E-state index contributed by atoms with van der Waals surface area (Å²) >= 11 is 0. The zero-order valence-electron chi connectivity index (χ0n) is 13.8. The third kappa shape index (κ3) is 4.86. The summed E-state index contributed by atoms with van der Waals surface area (Å²) in [5, 5.41) is 3.19. The normalized spacial score (nSPS) is 19.3. The number of hydrogen-bond donors (Lipinski definition) is 1. The molecule has 0 radical (unpaired) electrons. The van der Waals surface area contributed by atoms with E-state index in [0.717, 1.165) is 56.8 Å². The van der Waals surface area contributed by atoms with E-state index in [2.05, 4.69) is 10.2 Å². The van der Waals surface area contributed by atoms with Crippen LogP contribution in [0.1, 0.15) is 25.7 Å². The van der Waals surface area contributed by atoms with E-state index in [1.54, 1.807) is 7.11 Å². The highest BCUT2D eigenvalue weighted by Crippen LogP contribution is 2.29. The third-order valence-electron chi connectivity index (χ3n) is 4.62. The molecule has 1 aliphatic heterocycles. The van der Waals surface area contributed by atoms with Crippen LogP contribution in [0.15, 0.2) is 24.3 Å². The molecular formula is C18H26N2O3. The molecule has 1 saturated heterocycles. The Kier molecular flexibility index (Phi) is 5.39. The SMILES string of the molecule is COc1ccc(OCCN2CCC(NC(=O)C3CC3)CC2)cc1. The van der Waals surface area contributed by atoms with Gasteiger partial charge in [-0.1, -0.05) is 0 Å². The molecule has 0 aromatic heterocycles. The van der Waals surface area contributed by atoms with E-state index in [9.17, 15) is 4.79 Å². The number of hydrogen-bond acceptors (Lipinski definition) is 4. The van der Waals surface area contributed by atoms with Crippen LogP contribution in [0.25, 0.3) is 0 Å². The number of carbonyl (C=O) groups excluding carboxylic acids is 1. The Balaban J connectivity index is 1.31. The minimum absolute atomic E-state index is 0.270. The number of rotatable bonds is 7. The first-order chi connectivity index (χ1) is 11.2. The average molecular weight is 318 g/mol. The maximum absolute atomic E-state index is 11.8. The fourth-order valence-electron chi connectivity index (χ4n) is 2.93. The van der Waals surface area contributed by atoms with Gasteiger partial charge < -0.3 is 14.8 Å². The van der Waals surface area contributed by atoms with Crippen LogP contribution in [0, 0.1) is 5.92 Å². The van der Waals surface area contributed by atoms with E-state index in [-0.39, 0.29) is 5.91 Å². The van der Waals surface area contributed by atoms with Crippen LogP contribution in [0.3, 0.4) is 0 Å². The highest BCUT2D eigenvalue weighted by Gasteiger charge is 2.31. The number of nitrogens with zero attached hydrogens (tertiary/aromatic N) is 1. The second-order valence-corrected chi connectivity index (χ2v) is 6.42. The molecule has 1 N–H and O–H groups in total. The van der Waals surface area contributed by atoms with E-state index in [1.165, 1.54) is 0 Å². The molecule has 0 bridgehead atoms. The molecule has 3 rings (SSSR count). The topological polar surface area (TPSA) is 50.8 Å². The van der Waals surface area contributed by atoms with E-state index in [0.29, 0.717) is 18.6 Å². The number of ether oxygens (including phenoxy) is 2. The number of amides is 1. The van der Waals surface area contributed by atoms with Gasteiger partial charge in [-0.05, 0) is 49.9 Å². The molecule has 1 aromatic carbocycles. The van der Waals surface area contributed by atoms with Gasteiger partial charge in [0.2, 0.25) is 5.91 Å². The summed E-state index contributed by atoms with van der Waals surface area (Å²) in [6.45, 7) is 3.67. The van der Waals surface area contributed by atoms with Gasteiger partial charge in [-0.15, -0.1) is 0 Å². The molecule has 23 heavy (non-hydrogen) atoms. The minimum atomic E-state index is 0.270. The summed E-state index contributed by atoms with van der Waals surface area (Å²) in [5.74, 6) is 2.29. The maximum atomic E-state index is 11.8. The van der Waals surface area contributed by atoms with E-state index < -0.39 is 0 Å². The van der Waals surface area contributed by atoms with Gasteiger partial charge in [0.25, 0.3) is 0 Å². The number of nitrogens with one attached hydrogen (secondary N) is 1. The van der Waals surface area contributed by atoms with E-state index >= 15 is 0 Å². The van der Waals surface area contributed by atoms with E-state index in [4.69, 9.17) is 9.47 Å². The molecule has 5 heteroatoms. The summed E-state index contributed by atoms with van der Waals surface area (Å²) < 4.78 is 10.9. The lowest BCUT2D eigenvalue weighted by Gasteiger charge is -2.32. The molecule has 1 aromatic rings. The molecule has 5 nitrogen and oxygen atoms in total. The Hall–Kier alpha value is -1.75. The summed E-state index contributed by atoms with van der Waals surface area (Å²) in [7, 11) is 1.66. The Morgan fingerprint density at radius 2 is 1.78 bits per heavy atom. The van der Waals surface area contributed by atoms with Gasteiger partial charge in [0, 0.05) is 31.6 Å². The van der Waals surface area contributed by atoms with Crippen molar-refractivity contribution in [1.29, 1.82) is 0 Å². The largest absolute Gasteiger partial charge is 0.497 e. The lowest BCUT2D eigenvalue weighted by Crippen LogP contribution is -2.45. The van der Waals surface area contributed by atoms with Crippen molar-refractivity contribution in [3.05, 3.63) is 24.3 Å². The molecule has 1 heterocycles. The molecular weight excluding hydrogens is 292 g/mol. The standard InChI is InChI=1S/C18H26N2O3/c1-22-16-4-6-17(7-5-16)23-13-12-20-10-8-15(9-11-20)19-18(21)14-2-3-14/h4-7,14-15H,2-3,8-13H2,1H3,(H,19,21). The van der Waals surface area contributed by atoms with Crippen molar-refractivity contribution in [3.63, 3.8) is 0 Å². The van der Waals surface area contributed by atoms with Crippen molar-refractivity contribution < 1.29 is 14.3 Å². The number of carbonyl (C=O) groups is 1. The lowest BCUT2D eigenvalue weighted by atomic mass is 10.0. The first-order valence-electron chi connectivity index (χ1n) is 8.54. The van der Waals surface area contributed by atoms with Crippen LogP contribution in [0.5, 0.6) is 11.5 Å². The first kappa shape index (κ1) is 16.1. The summed E-state index contributed by atoms with van der Waals surface area (Å²) in [6, 6.07) is 8.03. The Bertz CT molecular complexity index is 506. The zero-order chi connectivity index (χ0) is 16.1. The quantitative estimate of drug-likeness (QED) is 0.836. The second kappa shape index (κ2) is 7.68. The average Bonchev–Trinajstić information content (AvgIpc) is 3.42. The first-order valence-corrected chi connectivity index (χ1v) is 8.54. The van der Waals surface area contributed by atoms with Crippen molar-refractivity contribution in [2.45, 2.75) is 31.7 Å². The Labute approximate surface area is 137 Å². The van der Waals surface area contributed by atoms with Gasteiger partial charge in [0.15, 0.2) is 0 Å². The van der Waals surface area contributed by atoms with Crippen LogP contribution in [-0.4, -0.2) is 50.2 Å². The highest BCUT2D eigenvalue weighted by molar-refractivity contribution is 5.81. The summed E-state index contributed by atoms with van der Waals surface area (Å²) in [4.78, 5) is 14.2. The smallest absolute Gasteiger partial charge is 0.223 e. The van der Waals surface area contributed by atoms with Crippen molar-refractivity contribution in [1.82, 2.24) is 10.2 Å². The minimum Gasteiger partial charge on any atom is -0.497 e. The number of likely N-dealkylation sites (tertiary alicyclic amines) is 1. The molecule has 0 atom stereocenters. The predicted molar refractivity (Wildman–Crippen MR) is 88.8 cm³/mol. The van der Waals surface area contributed by atoms with Gasteiger partial charge in [-0.25, -0.2) is 0 Å². The van der Waals surface area contributed by atoms with Crippen LogP contribution >= 0.6 is 0 Å². The van der Waals surface area contributed by atoms with Crippen molar-refractivity contribution in [2.24, 2.45) is 5.92 Å². The van der Waals surface area contributed by atoms with Gasteiger partial charge in [-0.3, -0.25) is 9.69 Å². The Morgan fingerprint density at radius 3 is 2.39 bits per heavy atom. The van der Waals surface area contributed by atoms with Gasteiger partial charge in [0.1, 0.15) is 18.1 Å². The molecule has 0 spiro atoms. The van der Waals surface area contributed by atoms with Gasteiger partial charge in [0.05, 0.1) is 7.11 Å². The number of piperidine rings is 1. The molecule has 1 aliphatic carbocycles. The molecule has 2 aliphatic rings. The van der Waals surface area contributed by atoms with Crippen LogP contribution in [-0.2, 0) is 4.79 Å². The van der Waals surface area contributed by atoms with Gasteiger partial charge in [-0.2, -0.15) is 0 Å². The van der Waals surface area contributed by atoms with Crippen molar-refractivity contribution in [2.75, 3.05) is 33.4 Å². The number of methoxy groups -OCH3 is 1. The molecule has 1 saturated carbocycles. The third-order valence-corrected chi connectivity index (χ3v) is 4.62. The van der Waals surface area contributed by atoms with Crippen LogP contribution in [0.2, 0.25) is 0 Å². The Morgan fingerprint density at radius 1 is 1.13 bits per heavy atom. The molecule has 1 amide bonds. The zero-order valence-corrected chi connectivity index (χ0v) is 13.8. The summed E-state index contributed by atoms with van der Waals surface area (Å²) in [5.41, 5.74) is 0. The van der Waals surface area contributed by atoms with Crippen molar-refractivity contribution >= 4 is 5.91 Å². The highest BCUT2D eigenvalue weighted by atomic mass is 16.5. The van der Waals surface area contributed by atoms with Crippen LogP contribution < -0.4 is 14.8 Å². The summed E-state index contributed by atoms with van der Waals surface area (Å²) in [6.07, 6.45) is 4.24. The molecule has 2 fully saturated rings. The fraction of sp³-hybridized carbons (Fsp3) is 0.611. The molecule has 0 unspecified atom stereocenters. The van der Waals surface area contributed by atoms with Crippen molar-refractivity contribution in [3.8, 4) is 11.5 Å².